The lowest BCUT2D eigenvalue weighted by atomic mass is 10.0. The average Bonchev–Trinajstić information content (AvgIpc) is 3.40. The molecule has 160 valence electrons. The zero-order chi connectivity index (χ0) is 22.1. The summed E-state index contributed by atoms with van der Waals surface area (Å²) in [5.41, 5.74) is 4.88. The molecule has 1 atom stereocenters. The third kappa shape index (κ3) is 3.85. The van der Waals surface area contributed by atoms with E-state index in [0.717, 1.165) is 32.2 Å². The molecule has 0 aliphatic rings. The molecule has 6 heteroatoms. The molecule has 0 saturated heterocycles. The molecule has 0 fully saturated rings. The van der Waals surface area contributed by atoms with Crippen LogP contribution in [0.4, 0.5) is 0 Å². The predicted molar refractivity (Wildman–Crippen MR) is 130 cm³/mol. The summed E-state index contributed by atoms with van der Waals surface area (Å²) in [4.78, 5) is 18.4. The Morgan fingerprint density at radius 2 is 1.88 bits per heavy atom. The van der Waals surface area contributed by atoms with Crippen LogP contribution in [0.1, 0.15) is 28.8 Å². The van der Waals surface area contributed by atoms with E-state index in [1.165, 1.54) is 5.56 Å². The molecule has 0 saturated carbocycles. The van der Waals surface area contributed by atoms with E-state index in [4.69, 9.17) is 9.72 Å². The largest absolute Gasteiger partial charge is 0.497 e. The number of hydrogen-bond donors (Lipinski definition) is 1. The lowest BCUT2D eigenvalue weighted by molar-refractivity contribution is 0.0952. The van der Waals surface area contributed by atoms with E-state index in [9.17, 15) is 4.79 Å². The monoisotopic (exact) mass is 441 g/mol. The highest BCUT2D eigenvalue weighted by atomic mass is 32.1. The van der Waals surface area contributed by atoms with Crippen LogP contribution in [0.3, 0.4) is 0 Å². The molecule has 5 rings (SSSR count). The molecule has 3 aromatic carbocycles. The van der Waals surface area contributed by atoms with Crippen LogP contribution in [0.25, 0.3) is 26.4 Å². The second-order valence-electron chi connectivity index (χ2n) is 7.81. The number of methoxy groups -OCH3 is 1. The van der Waals surface area contributed by atoms with Gasteiger partial charge in [-0.05, 0) is 53.9 Å². The maximum absolute atomic E-state index is 12.7. The van der Waals surface area contributed by atoms with Gasteiger partial charge in [0.15, 0.2) is 4.96 Å². The van der Waals surface area contributed by atoms with E-state index in [1.54, 1.807) is 18.4 Å². The van der Waals surface area contributed by atoms with Crippen molar-refractivity contribution in [2.45, 2.75) is 12.8 Å². The van der Waals surface area contributed by atoms with Crippen LogP contribution in [-0.2, 0) is 0 Å². The van der Waals surface area contributed by atoms with E-state index in [-0.39, 0.29) is 11.8 Å². The molecule has 0 spiro atoms. The smallest absolute Gasteiger partial charge is 0.251 e. The van der Waals surface area contributed by atoms with Crippen molar-refractivity contribution in [1.82, 2.24) is 14.7 Å². The molecule has 32 heavy (non-hydrogen) atoms. The van der Waals surface area contributed by atoms with Crippen LogP contribution >= 0.6 is 11.3 Å². The summed E-state index contributed by atoms with van der Waals surface area (Å²) in [7, 11) is 1.66. The zero-order valence-corrected chi connectivity index (χ0v) is 18.7. The molecule has 0 aliphatic heterocycles. The number of ether oxygens (including phenoxy) is 1. The quantitative estimate of drug-likeness (QED) is 0.365. The summed E-state index contributed by atoms with van der Waals surface area (Å²) in [6.45, 7) is 2.72. The van der Waals surface area contributed by atoms with Crippen LogP contribution in [-0.4, -0.2) is 28.9 Å². The average molecular weight is 442 g/mol. The number of rotatable bonds is 6. The number of carbonyl (C=O) groups is 1. The van der Waals surface area contributed by atoms with Gasteiger partial charge in [-0.2, -0.15) is 0 Å². The van der Waals surface area contributed by atoms with E-state index in [2.05, 4.69) is 28.8 Å². The third-order valence-electron chi connectivity index (χ3n) is 5.68. The van der Waals surface area contributed by atoms with Crippen molar-refractivity contribution in [3.05, 3.63) is 90.1 Å². The number of nitrogens with zero attached hydrogens (tertiary/aromatic N) is 2. The Kier molecular flexibility index (Phi) is 5.37. The molecule has 0 aliphatic carbocycles. The number of fused-ring (bicyclic) bond motifs is 3. The fraction of sp³-hybridized carbons (Fsp3) is 0.154. The Morgan fingerprint density at radius 3 is 2.62 bits per heavy atom. The Bertz CT molecular complexity index is 1390. The number of aromatic nitrogens is 2. The third-order valence-corrected chi connectivity index (χ3v) is 6.70. The van der Waals surface area contributed by atoms with Gasteiger partial charge in [0.1, 0.15) is 5.75 Å². The first kappa shape index (κ1) is 20.3. The van der Waals surface area contributed by atoms with Gasteiger partial charge in [0.2, 0.25) is 0 Å². The second kappa shape index (κ2) is 8.48. The van der Waals surface area contributed by atoms with Gasteiger partial charge in [-0.3, -0.25) is 9.20 Å². The summed E-state index contributed by atoms with van der Waals surface area (Å²) < 4.78 is 8.36. The summed E-state index contributed by atoms with van der Waals surface area (Å²) in [6.07, 6.45) is 2.04. The first-order valence-electron chi connectivity index (χ1n) is 10.5. The Labute approximate surface area is 190 Å². The minimum atomic E-state index is -0.0559. The summed E-state index contributed by atoms with van der Waals surface area (Å²) in [5, 5.41) is 3.06. The molecular formula is C26H23N3O2S. The minimum absolute atomic E-state index is 0.0559. The molecule has 1 amide bonds. The van der Waals surface area contributed by atoms with Crippen LogP contribution in [0.5, 0.6) is 5.75 Å². The number of amides is 1. The number of imidazole rings is 1. The van der Waals surface area contributed by atoms with E-state index in [1.807, 2.05) is 66.9 Å². The lowest BCUT2D eigenvalue weighted by Crippen LogP contribution is -2.27. The van der Waals surface area contributed by atoms with Crippen molar-refractivity contribution in [2.24, 2.45) is 0 Å². The molecule has 1 N–H and O–H groups in total. The summed E-state index contributed by atoms with van der Waals surface area (Å²) in [5.74, 6) is 1.02. The van der Waals surface area contributed by atoms with Crippen LogP contribution in [0.2, 0.25) is 0 Å². The van der Waals surface area contributed by atoms with Gasteiger partial charge in [0, 0.05) is 23.9 Å². The topological polar surface area (TPSA) is 55.6 Å². The summed E-state index contributed by atoms with van der Waals surface area (Å²) >= 11 is 1.58. The second-order valence-corrected chi connectivity index (χ2v) is 8.82. The molecular weight excluding hydrogens is 418 g/mol. The first-order valence-corrected chi connectivity index (χ1v) is 11.3. The van der Waals surface area contributed by atoms with Gasteiger partial charge in [0.25, 0.3) is 5.91 Å². The summed E-state index contributed by atoms with van der Waals surface area (Å²) in [6, 6.07) is 23.9. The van der Waals surface area contributed by atoms with E-state index < -0.39 is 0 Å². The molecule has 2 heterocycles. The van der Waals surface area contributed by atoms with Crippen molar-refractivity contribution in [3.63, 3.8) is 0 Å². The number of nitrogens with one attached hydrogen (secondary N) is 1. The fourth-order valence-corrected chi connectivity index (χ4v) is 4.84. The maximum Gasteiger partial charge on any atom is 0.251 e. The highest BCUT2D eigenvalue weighted by Crippen LogP contribution is 2.30. The molecule has 2 aromatic heterocycles. The van der Waals surface area contributed by atoms with Crippen molar-refractivity contribution in [1.29, 1.82) is 0 Å². The van der Waals surface area contributed by atoms with Crippen molar-refractivity contribution in [2.75, 3.05) is 13.7 Å². The van der Waals surface area contributed by atoms with E-state index >= 15 is 0 Å². The van der Waals surface area contributed by atoms with Crippen molar-refractivity contribution >= 4 is 32.4 Å². The number of hydrogen-bond acceptors (Lipinski definition) is 4. The maximum atomic E-state index is 12.7. The molecule has 0 unspecified atom stereocenters. The first-order chi connectivity index (χ1) is 15.6. The number of benzene rings is 3. The van der Waals surface area contributed by atoms with Crippen LogP contribution < -0.4 is 10.1 Å². The molecule has 0 bridgehead atoms. The van der Waals surface area contributed by atoms with Crippen molar-refractivity contribution in [3.8, 4) is 17.0 Å². The van der Waals surface area contributed by atoms with Gasteiger partial charge < -0.3 is 10.1 Å². The number of carbonyl (C=O) groups excluding carboxylic acids is 1. The minimum Gasteiger partial charge on any atom is -0.497 e. The van der Waals surface area contributed by atoms with Gasteiger partial charge in [0.05, 0.1) is 23.0 Å². The Balaban J connectivity index is 1.35. The van der Waals surface area contributed by atoms with Gasteiger partial charge in [-0.15, -0.1) is 0 Å². The normalized spacial score (nSPS) is 12.2. The molecule has 5 aromatic rings. The van der Waals surface area contributed by atoms with Crippen LogP contribution in [0, 0.1) is 0 Å². The SMILES string of the molecule is COc1ccc(-c2cn3c(n2)sc2cc(C(=O)NC[C@H](C)c4ccccc4)ccc23)cc1. The van der Waals surface area contributed by atoms with Crippen LogP contribution in [0.15, 0.2) is 79.0 Å². The molecule has 5 nitrogen and oxygen atoms in total. The van der Waals surface area contributed by atoms with Gasteiger partial charge >= 0.3 is 0 Å². The number of thiazole rings is 1. The van der Waals surface area contributed by atoms with Crippen molar-refractivity contribution < 1.29 is 9.53 Å². The Hall–Kier alpha value is -3.64. The fourth-order valence-electron chi connectivity index (χ4n) is 3.79. The van der Waals surface area contributed by atoms with E-state index in [0.29, 0.717) is 12.1 Å². The Morgan fingerprint density at radius 1 is 1.09 bits per heavy atom. The zero-order valence-electron chi connectivity index (χ0n) is 17.9. The standard InChI is InChI=1S/C26H23N3O2S/c1-17(18-6-4-3-5-7-18)15-27-25(30)20-10-13-23-24(14-20)32-26-28-22(16-29(23)26)19-8-11-21(31-2)12-9-19/h3-14,16-17H,15H2,1-2H3,(H,27,30)/t17-/m0/s1. The molecule has 0 radical (unpaired) electrons. The highest BCUT2D eigenvalue weighted by Gasteiger charge is 2.14. The van der Waals surface area contributed by atoms with Gasteiger partial charge in [-0.1, -0.05) is 48.6 Å². The van der Waals surface area contributed by atoms with Gasteiger partial charge in [-0.25, -0.2) is 4.98 Å². The highest BCUT2D eigenvalue weighted by molar-refractivity contribution is 7.23. The predicted octanol–water partition coefficient (Wildman–Crippen LogP) is 5.76. The lowest BCUT2D eigenvalue weighted by Gasteiger charge is -2.13.